The van der Waals surface area contributed by atoms with Gasteiger partial charge in [-0.2, -0.15) is 0 Å². The molecular weight excluding hydrogens is 396 g/mol. The number of fused-ring (bicyclic) bond motifs is 6. The second kappa shape index (κ2) is 5.98. The van der Waals surface area contributed by atoms with Gasteiger partial charge in [-0.05, 0) is 45.8 Å². The molecule has 2 aliphatic rings. The van der Waals surface area contributed by atoms with Crippen LogP contribution < -0.4 is 0 Å². The van der Waals surface area contributed by atoms with Crippen molar-refractivity contribution in [2.45, 2.75) is 11.2 Å². The molecule has 5 aromatic rings. The number of carbonyl (C=O) groups is 1. The summed E-state index contributed by atoms with van der Waals surface area (Å²) >= 11 is 0. The van der Waals surface area contributed by atoms with E-state index in [1.165, 1.54) is 10.8 Å². The predicted molar refractivity (Wildman–Crippen MR) is 123 cm³/mol. The SMILES string of the molecule is O=C1O[C@]2(c3ccccc3)c3cc4cc5ccccc5cc4cc3[C@]2(c2ccccc2)O1. The number of rotatable bonds is 2. The number of benzene rings is 5. The van der Waals surface area contributed by atoms with Crippen molar-refractivity contribution in [2.24, 2.45) is 0 Å². The van der Waals surface area contributed by atoms with Gasteiger partial charge in [0, 0.05) is 22.3 Å². The fourth-order valence-corrected chi connectivity index (χ4v) is 5.60. The Bertz CT molecular complexity index is 1430. The maximum absolute atomic E-state index is 12.8. The Hall–Kier alpha value is -4.11. The zero-order valence-corrected chi connectivity index (χ0v) is 17.1. The van der Waals surface area contributed by atoms with Gasteiger partial charge in [-0.3, -0.25) is 0 Å². The van der Waals surface area contributed by atoms with Crippen molar-refractivity contribution < 1.29 is 14.3 Å². The summed E-state index contributed by atoms with van der Waals surface area (Å²) in [7, 11) is 0. The average Bonchev–Trinajstić information content (AvgIpc) is 3.12. The molecule has 0 radical (unpaired) electrons. The van der Waals surface area contributed by atoms with E-state index in [0.717, 1.165) is 33.0 Å². The first kappa shape index (κ1) is 17.6. The van der Waals surface area contributed by atoms with E-state index in [1.54, 1.807) is 0 Å². The van der Waals surface area contributed by atoms with Gasteiger partial charge in [0.05, 0.1) is 0 Å². The van der Waals surface area contributed by atoms with E-state index in [0.29, 0.717) is 0 Å². The van der Waals surface area contributed by atoms with Crippen molar-refractivity contribution >= 4 is 27.7 Å². The number of ether oxygens (including phenoxy) is 2. The highest BCUT2D eigenvalue weighted by Gasteiger charge is 2.75. The molecule has 1 aliphatic heterocycles. The Labute approximate surface area is 184 Å². The van der Waals surface area contributed by atoms with Crippen molar-refractivity contribution in [3.8, 4) is 0 Å². The number of hydrogen-bond donors (Lipinski definition) is 0. The molecule has 0 spiro atoms. The van der Waals surface area contributed by atoms with E-state index in [4.69, 9.17) is 9.47 Å². The largest absolute Gasteiger partial charge is 0.511 e. The van der Waals surface area contributed by atoms with Gasteiger partial charge in [0.15, 0.2) is 0 Å². The Morgan fingerprint density at radius 2 is 0.875 bits per heavy atom. The smallest absolute Gasteiger partial charge is 0.413 e. The topological polar surface area (TPSA) is 35.5 Å². The molecule has 0 amide bonds. The predicted octanol–water partition coefficient (Wildman–Crippen LogP) is 6.66. The molecular formula is C29H18O3. The summed E-state index contributed by atoms with van der Waals surface area (Å²) in [5.41, 5.74) is 1.70. The lowest BCUT2D eigenvalue weighted by atomic mass is 9.55. The van der Waals surface area contributed by atoms with E-state index in [2.05, 4.69) is 36.4 Å². The van der Waals surface area contributed by atoms with Gasteiger partial charge in [0.25, 0.3) is 0 Å². The first-order chi connectivity index (χ1) is 15.7. The van der Waals surface area contributed by atoms with E-state index >= 15 is 0 Å². The molecule has 0 saturated carbocycles. The minimum absolute atomic E-state index is 0.650. The summed E-state index contributed by atoms with van der Waals surface area (Å²) < 4.78 is 12.2. The van der Waals surface area contributed by atoms with E-state index in [9.17, 15) is 4.79 Å². The van der Waals surface area contributed by atoms with Crippen LogP contribution in [0.5, 0.6) is 0 Å². The van der Waals surface area contributed by atoms with Crippen LogP contribution in [0.2, 0.25) is 0 Å². The highest BCUT2D eigenvalue weighted by atomic mass is 16.8. The Balaban J connectivity index is 1.60. The summed E-state index contributed by atoms with van der Waals surface area (Å²) in [6.45, 7) is 0. The third kappa shape index (κ3) is 1.98. The van der Waals surface area contributed by atoms with Crippen molar-refractivity contribution in [3.63, 3.8) is 0 Å². The fourth-order valence-electron chi connectivity index (χ4n) is 5.60. The lowest BCUT2D eigenvalue weighted by Crippen LogP contribution is -2.58. The van der Waals surface area contributed by atoms with Crippen LogP contribution in [0, 0.1) is 0 Å². The van der Waals surface area contributed by atoms with E-state index in [-0.39, 0.29) is 0 Å². The highest BCUT2D eigenvalue weighted by molar-refractivity contribution is 6.00. The van der Waals surface area contributed by atoms with E-state index < -0.39 is 17.4 Å². The standard InChI is InChI=1S/C29H18O3/c30-27-31-28(23-11-3-1-4-12-23)25-17-21-15-19-9-7-8-10-20(19)16-22(21)18-26(25)29(28,32-27)24-13-5-2-6-14-24/h1-18H/t28-,29+. The van der Waals surface area contributed by atoms with Crippen LogP contribution in [0.1, 0.15) is 22.3 Å². The molecule has 0 unspecified atom stereocenters. The van der Waals surface area contributed by atoms with E-state index in [1.807, 2.05) is 72.8 Å². The minimum Gasteiger partial charge on any atom is -0.413 e. The quantitative estimate of drug-likeness (QED) is 0.239. The van der Waals surface area contributed by atoms with Crippen molar-refractivity contribution in [3.05, 3.63) is 131 Å². The lowest BCUT2D eigenvalue weighted by Gasteiger charge is -2.51. The summed E-state index contributed by atoms with van der Waals surface area (Å²) in [4.78, 5) is 12.8. The number of hydrogen-bond acceptors (Lipinski definition) is 3. The van der Waals surface area contributed by atoms with Crippen LogP contribution in [0.25, 0.3) is 21.5 Å². The Morgan fingerprint density at radius 3 is 1.31 bits per heavy atom. The third-order valence-corrected chi connectivity index (χ3v) is 6.93. The molecule has 32 heavy (non-hydrogen) atoms. The molecule has 1 fully saturated rings. The summed E-state index contributed by atoms with van der Waals surface area (Å²) in [5, 5.41) is 4.59. The van der Waals surface area contributed by atoms with Crippen LogP contribution in [0.4, 0.5) is 4.79 Å². The monoisotopic (exact) mass is 414 g/mol. The molecule has 1 saturated heterocycles. The average molecular weight is 414 g/mol. The molecule has 1 heterocycles. The molecule has 7 rings (SSSR count). The highest BCUT2D eigenvalue weighted by Crippen LogP contribution is 2.67. The van der Waals surface area contributed by atoms with Crippen molar-refractivity contribution in [2.75, 3.05) is 0 Å². The molecule has 3 nitrogen and oxygen atoms in total. The normalized spacial score (nSPS) is 23.2. The van der Waals surface area contributed by atoms with Gasteiger partial charge < -0.3 is 9.47 Å². The maximum atomic E-state index is 12.8. The fraction of sp³-hybridized carbons (Fsp3) is 0.0690. The van der Waals surface area contributed by atoms with Crippen LogP contribution >= 0.6 is 0 Å². The first-order valence-electron chi connectivity index (χ1n) is 10.7. The molecule has 3 heteroatoms. The Kier molecular flexibility index (Phi) is 3.28. The zero-order chi connectivity index (χ0) is 21.3. The zero-order valence-electron chi connectivity index (χ0n) is 17.1. The second-order valence-electron chi connectivity index (χ2n) is 8.49. The summed E-state index contributed by atoms with van der Waals surface area (Å²) in [6.07, 6.45) is -0.650. The van der Waals surface area contributed by atoms with Crippen LogP contribution in [0.15, 0.2) is 109 Å². The second-order valence-corrected chi connectivity index (χ2v) is 8.49. The summed E-state index contributed by atoms with van der Waals surface area (Å²) in [6, 6.07) is 36.9. The van der Waals surface area contributed by atoms with Crippen molar-refractivity contribution in [1.29, 1.82) is 0 Å². The molecule has 0 bridgehead atoms. The minimum atomic E-state index is -1.03. The Morgan fingerprint density at radius 1 is 0.469 bits per heavy atom. The molecule has 0 aromatic heterocycles. The van der Waals surface area contributed by atoms with Crippen LogP contribution in [0.3, 0.4) is 0 Å². The first-order valence-corrected chi connectivity index (χ1v) is 10.7. The maximum Gasteiger partial charge on any atom is 0.511 e. The van der Waals surface area contributed by atoms with Gasteiger partial charge in [0.1, 0.15) is 0 Å². The molecule has 2 atom stereocenters. The van der Waals surface area contributed by atoms with Gasteiger partial charge in [-0.25, -0.2) is 4.79 Å². The van der Waals surface area contributed by atoms with Crippen LogP contribution in [-0.4, -0.2) is 6.16 Å². The molecule has 0 N–H and O–H groups in total. The third-order valence-electron chi connectivity index (χ3n) is 6.93. The molecule has 1 aliphatic carbocycles. The van der Waals surface area contributed by atoms with Crippen molar-refractivity contribution in [1.82, 2.24) is 0 Å². The van der Waals surface area contributed by atoms with Gasteiger partial charge >= 0.3 is 6.16 Å². The van der Waals surface area contributed by atoms with Gasteiger partial charge in [-0.1, -0.05) is 84.9 Å². The molecule has 152 valence electrons. The number of carbonyl (C=O) groups excluding carboxylic acids is 1. The summed E-state index contributed by atoms with van der Waals surface area (Å²) in [5.74, 6) is 0. The molecule has 5 aromatic carbocycles. The van der Waals surface area contributed by atoms with Gasteiger partial charge in [-0.15, -0.1) is 0 Å². The van der Waals surface area contributed by atoms with Gasteiger partial charge in [0.2, 0.25) is 11.2 Å². The van der Waals surface area contributed by atoms with Crippen LogP contribution in [-0.2, 0) is 20.7 Å². The lowest BCUT2D eigenvalue weighted by molar-refractivity contribution is -0.0334.